The first-order chi connectivity index (χ1) is 9.72. The second-order valence-corrected chi connectivity index (χ2v) is 4.85. The summed E-state index contributed by atoms with van der Waals surface area (Å²) in [7, 11) is 1.65. The van der Waals surface area contributed by atoms with Crippen molar-refractivity contribution in [3.8, 4) is 6.01 Å². The van der Waals surface area contributed by atoms with Gasteiger partial charge in [0.1, 0.15) is 6.10 Å². The van der Waals surface area contributed by atoms with E-state index in [1.807, 2.05) is 13.8 Å². The minimum atomic E-state index is -0.0942. The summed E-state index contributed by atoms with van der Waals surface area (Å²) in [6.45, 7) is 7.17. The summed E-state index contributed by atoms with van der Waals surface area (Å²) in [4.78, 5) is 15.3. The van der Waals surface area contributed by atoms with Crippen molar-refractivity contribution in [2.24, 2.45) is 0 Å². The maximum absolute atomic E-state index is 5.69. The molecule has 0 radical (unpaired) electrons. The quantitative estimate of drug-likeness (QED) is 0.808. The van der Waals surface area contributed by atoms with Crippen LogP contribution in [0.15, 0.2) is 0 Å². The summed E-state index contributed by atoms with van der Waals surface area (Å²) in [6, 6.07) is 0.349. The molecule has 1 N–H and O–H groups in total. The molecule has 2 heterocycles. The molecule has 20 heavy (non-hydrogen) atoms. The Morgan fingerprint density at radius 1 is 1.25 bits per heavy atom. The summed E-state index contributed by atoms with van der Waals surface area (Å²) in [5, 5.41) is 3.12. The van der Waals surface area contributed by atoms with E-state index in [1.165, 1.54) is 12.8 Å². The van der Waals surface area contributed by atoms with Crippen LogP contribution in [0, 0.1) is 0 Å². The van der Waals surface area contributed by atoms with Crippen molar-refractivity contribution in [2.45, 2.75) is 32.8 Å². The lowest BCUT2D eigenvalue weighted by molar-refractivity contribution is 0.0855. The Labute approximate surface area is 119 Å². The first kappa shape index (κ1) is 14.8. The number of anilines is 2. The maximum Gasteiger partial charge on any atom is 0.323 e. The highest BCUT2D eigenvalue weighted by Crippen LogP contribution is 2.19. The van der Waals surface area contributed by atoms with Gasteiger partial charge in [-0.25, -0.2) is 0 Å². The van der Waals surface area contributed by atoms with Crippen molar-refractivity contribution < 1.29 is 9.47 Å². The molecule has 0 amide bonds. The standard InChI is InChI=1S/C13H23N5O2/c1-4-14-11-15-12(18-7-5-6-8-18)17-13(16-11)20-10(2)9-19-3/h10H,4-9H2,1-3H3,(H,14,15,16,17). The fourth-order valence-electron chi connectivity index (χ4n) is 2.14. The van der Waals surface area contributed by atoms with Crippen molar-refractivity contribution >= 4 is 11.9 Å². The number of hydrogen-bond acceptors (Lipinski definition) is 7. The largest absolute Gasteiger partial charge is 0.458 e. The predicted octanol–water partition coefficient (Wildman–Crippen LogP) is 1.32. The smallest absolute Gasteiger partial charge is 0.323 e. The Hall–Kier alpha value is -1.63. The van der Waals surface area contributed by atoms with Crippen molar-refractivity contribution in [1.29, 1.82) is 0 Å². The number of nitrogens with zero attached hydrogens (tertiary/aromatic N) is 4. The summed E-state index contributed by atoms with van der Waals surface area (Å²) in [6.07, 6.45) is 2.26. The number of nitrogens with one attached hydrogen (secondary N) is 1. The first-order valence-corrected chi connectivity index (χ1v) is 7.13. The summed E-state index contributed by atoms with van der Waals surface area (Å²) in [5.74, 6) is 1.25. The van der Waals surface area contributed by atoms with E-state index in [4.69, 9.17) is 9.47 Å². The summed E-state index contributed by atoms with van der Waals surface area (Å²) < 4.78 is 10.7. The Balaban J connectivity index is 2.16. The average molecular weight is 281 g/mol. The molecule has 1 unspecified atom stereocenters. The van der Waals surface area contributed by atoms with Gasteiger partial charge in [-0.15, -0.1) is 0 Å². The van der Waals surface area contributed by atoms with E-state index < -0.39 is 0 Å². The lowest BCUT2D eigenvalue weighted by Gasteiger charge is -2.18. The summed E-state index contributed by atoms with van der Waals surface area (Å²) in [5.41, 5.74) is 0. The second-order valence-electron chi connectivity index (χ2n) is 4.85. The lowest BCUT2D eigenvalue weighted by Crippen LogP contribution is -2.24. The van der Waals surface area contributed by atoms with Crippen LogP contribution in [0.2, 0.25) is 0 Å². The molecule has 0 saturated carbocycles. The van der Waals surface area contributed by atoms with Crippen LogP contribution in [-0.2, 0) is 4.74 Å². The van der Waals surface area contributed by atoms with Crippen LogP contribution < -0.4 is 15.0 Å². The number of aromatic nitrogens is 3. The highest BCUT2D eigenvalue weighted by atomic mass is 16.5. The SMILES string of the molecule is CCNc1nc(OC(C)COC)nc(N2CCCC2)n1. The Morgan fingerprint density at radius 2 is 2.00 bits per heavy atom. The minimum absolute atomic E-state index is 0.0942. The van der Waals surface area contributed by atoms with Crippen molar-refractivity contribution in [3.05, 3.63) is 0 Å². The molecule has 1 saturated heterocycles. The molecule has 1 aromatic heterocycles. The monoisotopic (exact) mass is 281 g/mol. The molecule has 112 valence electrons. The minimum Gasteiger partial charge on any atom is -0.458 e. The molecule has 0 aromatic carbocycles. The fourth-order valence-corrected chi connectivity index (χ4v) is 2.14. The van der Waals surface area contributed by atoms with Crippen molar-refractivity contribution in [2.75, 3.05) is 43.6 Å². The molecule has 7 heteroatoms. The topological polar surface area (TPSA) is 72.4 Å². The number of ether oxygens (including phenoxy) is 2. The third-order valence-electron chi connectivity index (χ3n) is 3.03. The molecule has 0 aliphatic carbocycles. The van der Waals surface area contributed by atoms with E-state index in [0.29, 0.717) is 24.5 Å². The first-order valence-electron chi connectivity index (χ1n) is 7.13. The highest BCUT2D eigenvalue weighted by Gasteiger charge is 2.18. The van der Waals surface area contributed by atoms with Gasteiger partial charge in [-0.3, -0.25) is 0 Å². The molecule has 1 aromatic rings. The second kappa shape index (κ2) is 7.23. The van der Waals surface area contributed by atoms with Gasteiger partial charge in [0, 0.05) is 26.7 Å². The normalized spacial score (nSPS) is 16.2. The molecule has 7 nitrogen and oxygen atoms in total. The van der Waals surface area contributed by atoms with Crippen LogP contribution in [0.5, 0.6) is 6.01 Å². The molecule has 1 fully saturated rings. The van der Waals surface area contributed by atoms with E-state index in [1.54, 1.807) is 7.11 Å². The van der Waals surface area contributed by atoms with E-state index in [2.05, 4.69) is 25.2 Å². The van der Waals surface area contributed by atoms with Crippen LogP contribution in [0.3, 0.4) is 0 Å². The van der Waals surface area contributed by atoms with Gasteiger partial charge >= 0.3 is 6.01 Å². The Morgan fingerprint density at radius 3 is 2.65 bits per heavy atom. The predicted molar refractivity (Wildman–Crippen MR) is 77.4 cm³/mol. The van der Waals surface area contributed by atoms with Crippen LogP contribution in [0.25, 0.3) is 0 Å². The lowest BCUT2D eigenvalue weighted by atomic mass is 10.4. The van der Waals surface area contributed by atoms with Gasteiger partial charge in [0.05, 0.1) is 6.61 Å². The van der Waals surface area contributed by atoms with Gasteiger partial charge < -0.3 is 19.7 Å². The zero-order chi connectivity index (χ0) is 14.4. The van der Waals surface area contributed by atoms with E-state index in [9.17, 15) is 0 Å². The van der Waals surface area contributed by atoms with Gasteiger partial charge in [0.2, 0.25) is 11.9 Å². The molecule has 2 rings (SSSR count). The van der Waals surface area contributed by atoms with Gasteiger partial charge in [0.25, 0.3) is 0 Å². The zero-order valence-electron chi connectivity index (χ0n) is 12.4. The van der Waals surface area contributed by atoms with Gasteiger partial charge in [0.15, 0.2) is 0 Å². The Kier molecular flexibility index (Phi) is 5.34. The van der Waals surface area contributed by atoms with E-state index in [0.717, 1.165) is 19.6 Å². The van der Waals surface area contributed by atoms with Crippen LogP contribution in [-0.4, -0.2) is 54.4 Å². The van der Waals surface area contributed by atoms with Crippen LogP contribution in [0.4, 0.5) is 11.9 Å². The third-order valence-corrected chi connectivity index (χ3v) is 3.03. The average Bonchev–Trinajstić information content (AvgIpc) is 2.93. The molecule has 1 aliphatic rings. The fraction of sp³-hybridized carbons (Fsp3) is 0.769. The number of hydrogen-bond donors (Lipinski definition) is 1. The van der Waals surface area contributed by atoms with Gasteiger partial charge in [-0.05, 0) is 26.7 Å². The molecule has 0 spiro atoms. The number of methoxy groups -OCH3 is 1. The number of rotatable bonds is 7. The highest BCUT2D eigenvalue weighted by molar-refractivity contribution is 5.39. The van der Waals surface area contributed by atoms with E-state index in [-0.39, 0.29) is 6.10 Å². The van der Waals surface area contributed by atoms with Crippen LogP contribution in [0.1, 0.15) is 26.7 Å². The van der Waals surface area contributed by atoms with Gasteiger partial charge in [-0.1, -0.05) is 0 Å². The Bertz CT molecular complexity index is 423. The molecule has 1 atom stereocenters. The molecular weight excluding hydrogens is 258 g/mol. The third kappa shape index (κ3) is 3.93. The molecule has 0 bridgehead atoms. The van der Waals surface area contributed by atoms with Gasteiger partial charge in [-0.2, -0.15) is 15.0 Å². The van der Waals surface area contributed by atoms with Crippen molar-refractivity contribution in [1.82, 2.24) is 15.0 Å². The van der Waals surface area contributed by atoms with E-state index >= 15 is 0 Å². The van der Waals surface area contributed by atoms with Crippen molar-refractivity contribution in [3.63, 3.8) is 0 Å². The molecule has 1 aliphatic heterocycles. The maximum atomic E-state index is 5.69. The molecular formula is C13H23N5O2. The zero-order valence-corrected chi connectivity index (χ0v) is 12.4. The van der Waals surface area contributed by atoms with Crippen LogP contribution >= 0.6 is 0 Å². The summed E-state index contributed by atoms with van der Waals surface area (Å²) >= 11 is 0.